The molecule has 0 spiro atoms. The van der Waals surface area contributed by atoms with Gasteiger partial charge >= 0.3 is 6.18 Å². The third kappa shape index (κ3) is 5.96. The van der Waals surface area contributed by atoms with Gasteiger partial charge in [-0.15, -0.1) is 35.3 Å². The van der Waals surface area contributed by atoms with Gasteiger partial charge in [-0.05, 0) is 29.1 Å². The van der Waals surface area contributed by atoms with Crippen LogP contribution in [0.4, 0.5) is 13.2 Å². The van der Waals surface area contributed by atoms with Crippen molar-refractivity contribution in [1.82, 2.24) is 15.6 Å². The van der Waals surface area contributed by atoms with Crippen molar-refractivity contribution in [3.63, 3.8) is 0 Å². The van der Waals surface area contributed by atoms with E-state index in [0.29, 0.717) is 30.5 Å². The van der Waals surface area contributed by atoms with Gasteiger partial charge in [0.2, 0.25) is 5.89 Å². The van der Waals surface area contributed by atoms with Crippen LogP contribution in [0.5, 0.6) is 0 Å². The quantitative estimate of drug-likeness (QED) is 0.284. The summed E-state index contributed by atoms with van der Waals surface area (Å²) in [5.41, 5.74) is 0.768. The number of nitrogens with zero attached hydrogens (tertiary/aromatic N) is 2. The summed E-state index contributed by atoms with van der Waals surface area (Å²) in [7, 11) is 1.61. The van der Waals surface area contributed by atoms with Crippen molar-refractivity contribution >= 4 is 41.3 Å². The van der Waals surface area contributed by atoms with Crippen LogP contribution in [0.25, 0.3) is 10.8 Å². The fourth-order valence-corrected chi connectivity index (χ4v) is 2.95. The third-order valence-electron chi connectivity index (χ3n) is 3.69. The SMILES string of the molecule is CN=C(NCc1ccc(C(F)(F)F)cc1)NCc1coc(-c2cccs2)n1.I. The molecule has 0 fully saturated rings. The normalized spacial score (nSPS) is 11.8. The van der Waals surface area contributed by atoms with E-state index in [1.165, 1.54) is 12.1 Å². The molecule has 0 aliphatic carbocycles. The molecule has 5 nitrogen and oxygen atoms in total. The molecule has 2 heterocycles. The van der Waals surface area contributed by atoms with Crippen LogP contribution in [-0.2, 0) is 19.3 Å². The van der Waals surface area contributed by atoms with E-state index in [2.05, 4.69) is 20.6 Å². The van der Waals surface area contributed by atoms with Gasteiger partial charge < -0.3 is 15.1 Å². The molecule has 2 N–H and O–H groups in total. The molecule has 150 valence electrons. The minimum atomic E-state index is -4.33. The summed E-state index contributed by atoms with van der Waals surface area (Å²) < 4.78 is 43.2. The first kappa shape index (κ1) is 22.2. The summed E-state index contributed by atoms with van der Waals surface area (Å²) in [6, 6.07) is 8.86. The monoisotopic (exact) mass is 522 g/mol. The van der Waals surface area contributed by atoms with Gasteiger partial charge in [0, 0.05) is 13.6 Å². The second kappa shape index (κ2) is 9.92. The van der Waals surface area contributed by atoms with E-state index in [4.69, 9.17) is 4.42 Å². The van der Waals surface area contributed by atoms with Crippen LogP contribution in [0.1, 0.15) is 16.8 Å². The lowest BCUT2D eigenvalue weighted by Gasteiger charge is -2.12. The smallest absolute Gasteiger partial charge is 0.416 e. The molecule has 3 aromatic rings. The van der Waals surface area contributed by atoms with Crippen LogP contribution in [0.15, 0.2) is 57.5 Å². The number of rotatable bonds is 5. The molecular formula is C18H18F3IN4OS. The highest BCUT2D eigenvalue weighted by Gasteiger charge is 2.29. The molecule has 28 heavy (non-hydrogen) atoms. The number of aliphatic imine (C=N–C) groups is 1. The fraction of sp³-hybridized carbons (Fsp3) is 0.222. The van der Waals surface area contributed by atoms with E-state index in [9.17, 15) is 13.2 Å². The predicted molar refractivity (Wildman–Crippen MR) is 114 cm³/mol. The van der Waals surface area contributed by atoms with Gasteiger partial charge in [-0.2, -0.15) is 13.2 Å². The lowest BCUT2D eigenvalue weighted by atomic mass is 10.1. The van der Waals surface area contributed by atoms with Crippen LogP contribution in [0.2, 0.25) is 0 Å². The molecule has 0 saturated carbocycles. The van der Waals surface area contributed by atoms with E-state index >= 15 is 0 Å². The summed E-state index contributed by atoms with van der Waals surface area (Å²) >= 11 is 1.54. The van der Waals surface area contributed by atoms with E-state index in [0.717, 1.165) is 22.7 Å². The van der Waals surface area contributed by atoms with Gasteiger partial charge in [-0.3, -0.25) is 4.99 Å². The third-order valence-corrected chi connectivity index (χ3v) is 4.54. The Kier molecular flexibility index (Phi) is 7.87. The zero-order valence-electron chi connectivity index (χ0n) is 14.8. The zero-order valence-corrected chi connectivity index (χ0v) is 17.9. The number of alkyl halides is 3. The Bertz CT molecular complexity index is 892. The highest BCUT2D eigenvalue weighted by Crippen LogP contribution is 2.29. The van der Waals surface area contributed by atoms with Crippen LogP contribution >= 0.6 is 35.3 Å². The number of thiophene rings is 1. The molecule has 0 amide bonds. The molecule has 1 aromatic carbocycles. The molecule has 3 rings (SSSR count). The number of hydrogen-bond donors (Lipinski definition) is 2. The Morgan fingerprint density at radius 3 is 2.46 bits per heavy atom. The van der Waals surface area contributed by atoms with Gasteiger partial charge in [0.15, 0.2) is 5.96 Å². The van der Waals surface area contributed by atoms with Crippen molar-refractivity contribution < 1.29 is 17.6 Å². The van der Waals surface area contributed by atoms with Gasteiger partial charge in [0.05, 0.1) is 22.7 Å². The van der Waals surface area contributed by atoms with Gasteiger partial charge in [0.1, 0.15) is 6.26 Å². The second-order valence-electron chi connectivity index (χ2n) is 5.60. The van der Waals surface area contributed by atoms with Gasteiger partial charge in [-0.25, -0.2) is 4.98 Å². The van der Waals surface area contributed by atoms with Gasteiger partial charge in [-0.1, -0.05) is 18.2 Å². The number of oxazole rings is 1. The van der Waals surface area contributed by atoms with E-state index in [1.54, 1.807) is 24.6 Å². The molecule has 0 aliphatic rings. The van der Waals surface area contributed by atoms with Crippen LogP contribution in [-0.4, -0.2) is 18.0 Å². The Morgan fingerprint density at radius 2 is 1.86 bits per heavy atom. The average Bonchev–Trinajstić information content (AvgIpc) is 3.33. The largest absolute Gasteiger partial charge is 0.443 e. The van der Waals surface area contributed by atoms with Crippen molar-refractivity contribution in [3.05, 3.63) is 64.9 Å². The first-order valence-corrected chi connectivity index (χ1v) is 8.92. The van der Waals surface area contributed by atoms with Crippen LogP contribution in [0.3, 0.4) is 0 Å². The minimum absolute atomic E-state index is 0. The van der Waals surface area contributed by atoms with Gasteiger partial charge in [0.25, 0.3) is 0 Å². The fourth-order valence-electron chi connectivity index (χ4n) is 2.29. The van der Waals surface area contributed by atoms with Crippen molar-refractivity contribution in [2.75, 3.05) is 7.05 Å². The highest BCUT2D eigenvalue weighted by molar-refractivity contribution is 14.0. The van der Waals surface area contributed by atoms with E-state index in [-0.39, 0.29) is 24.0 Å². The highest BCUT2D eigenvalue weighted by atomic mass is 127. The molecule has 0 atom stereocenters. The number of nitrogens with one attached hydrogen (secondary N) is 2. The Morgan fingerprint density at radius 1 is 1.14 bits per heavy atom. The summed E-state index contributed by atoms with van der Waals surface area (Å²) in [4.78, 5) is 9.44. The van der Waals surface area contributed by atoms with Crippen molar-refractivity contribution in [2.45, 2.75) is 19.3 Å². The van der Waals surface area contributed by atoms with Crippen molar-refractivity contribution in [1.29, 1.82) is 0 Å². The standard InChI is InChI=1S/C18H17F3N4OS.HI/c1-22-17(23-9-12-4-6-13(7-5-12)18(19,20)21)24-10-14-11-26-16(25-14)15-3-2-8-27-15;/h2-8,11H,9-10H2,1H3,(H2,22,23,24);1H. The summed E-state index contributed by atoms with van der Waals surface area (Å²) in [5.74, 6) is 1.07. The van der Waals surface area contributed by atoms with Crippen LogP contribution < -0.4 is 10.6 Å². The lowest BCUT2D eigenvalue weighted by molar-refractivity contribution is -0.137. The second-order valence-corrected chi connectivity index (χ2v) is 6.54. The van der Waals surface area contributed by atoms with Crippen molar-refractivity contribution in [2.24, 2.45) is 4.99 Å². The number of halogens is 4. The maximum absolute atomic E-state index is 12.6. The molecular weight excluding hydrogens is 504 g/mol. The maximum atomic E-state index is 12.6. The summed E-state index contributed by atoms with van der Waals surface area (Å²) in [6.45, 7) is 0.749. The predicted octanol–water partition coefficient (Wildman–Crippen LogP) is 4.91. The topological polar surface area (TPSA) is 62.5 Å². The van der Waals surface area contributed by atoms with Crippen molar-refractivity contribution in [3.8, 4) is 10.8 Å². The Hall–Kier alpha value is -2.08. The minimum Gasteiger partial charge on any atom is -0.443 e. The maximum Gasteiger partial charge on any atom is 0.416 e. The molecule has 0 unspecified atom stereocenters. The summed E-state index contributed by atoms with van der Waals surface area (Å²) in [5, 5.41) is 8.09. The first-order valence-electron chi connectivity index (χ1n) is 8.04. The van der Waals surface area contributed by atoms with E-state index in [1.807, 2.05) is 17.5 Å². The molecule has 10 heteroatoms. The van der Waals surface area contributed by atoms with Crippen LogP contribution in [0, 0.1) is 0 Å². The molecule has 0 bridgehead atoms. The molecule has 0 radical (unpaired) electrons. The summed E-state index contributed by atoms with van der Waals surface area (Å²) in [6.07, 6.45) is -2.76. The number of benzene rings is 1. The molecule has 2 aromatic heterocycles. The average molecular weight is 522 g/mol. The number of hydrogen-bond acceptors (Lipinski definition) is 4. The Balaban J connectivity index is 0.00000280. The zero-order chi connectivity index (χ0) is 19.3. The first-order chi connectivity index (χ1) is 13.0. The molecule has 0 saturated heterocycles. The Labute approximate surface area is 181 Å². The number of guanidine groups is 1. The molecule has 0 aliphatic heterocycles. The number of aromatic nitrogens is 1. The van der Waals surface area contributed by atoms with E-state index < -0.39 is 11.7 Å². The lowest BCUT2D eigenvalue weighted by Crippen LogP contribution is -2.36.